The molecular weight excluding hydrogens is 243 g/mol. The van der Waals surface area contributed by atoms with Crippen LogP contribution in [0, 0.1) is 5.92 Å². The number of carbonyl (C=O) groups excluding carboxylic acids is 1. The monoisotopic (exact) mass is 253 g/mol. The quantitative estimate of drug-likeness (QED) is 0.537. The standard InChI is InChI=1S/C7H11IO2/c8-6(7(9)10)5-3-1-2-4-5/h5-6H,1-4H2,(H,9,10)/p-1. The number of rotatable bonds is 2. The van der Waals surface area contributed by atoms with Crippen molar-refractivity contribution in [2.75, 3.05) is 0 Å². The van der Waals surface area contributed by atoms with Crippen molar-refractivity contribution in [2.24, 2.45) is 5.92 Å². The number of carbonyl (C=O) groups is 1. The van der Waals surface area contributed by atoms with Gasteiger partial charge in [-0.25, -0.2) is 0 Å². The van der Waals surface area contributed by atoms with Crippen LogP contribution in [0.5, 0.6) is 0 Å². The van der Waals surface area contributed by atoms with E-state index in [0.29, 0.717) is 5.92 Å². The highest BCUT2D eigenvalue weighted by Crippen LogP contribution is 2.31. The van der Waals surface area contributed by atoms with Crippen LogP contribution < -0.4 is 5.11 Å². The van der Waals surface area contributed by atoms with Crippen LogP contribution in [0.4, 0.5) is 0 Å². The summed E-state index contributed by atoms with van der Waals surface area (Å²) in [5.41, 5.74) is 0. The lowest BCUT2D eigenvalue weighted by molar-refractivity contribution is -0.305. The minimum Gasteiger partial charge on any atom is -0.549 e. The van der Waals surface area contributed by atoms with Crippen molar-refractivity contribution >= 4 is 28.6 Å². The Balaban J connectivity index is 2.39. The smallest absolute Gasteiger partial charge is 0.0545 e. The molecule has 1 aliphatic carbocycles. The molecule has 0 aliphatic heterocycles. The fourth-order valence-corrected chi connectivity index (χ4v) is 2.16. The molecule has 1 aliphatic rings. The van der Waals surface area contributed by atoms with Crippen LogP contribution in [0.3, 0.4) is 0 Å². The van der Waals surface area contributed by atoms with Gasteiger partial charge in [0.2, 0.25) is 0 Å². The normalized spacial score (nSPS) is 22.9. The van der Waals surface area contributed by atoms with Gasteiger partial charge in [0.1, 0.15) is 0 Å². The molecule has 0 saturated heterocycles. The molecular formula is C7H10IO2-. The van der Waals surface area contributed by atoms with Gasteiger partial charge >= 0.3 is 0 Å². The maximum atomic E-state index is 10.4. The van der Waals surface area contributed by atoms with E-state index in [1.54, 1.807) is 0 Å². The molecule has 3 heteroatoms. The first kappa shape index (κ1) is 8.30. The van der Waals surface area contributed by atoms with Crippen molar-refractivity contribution in [2.45, 2.75) is 29.6 Å². The molecule has 1 fully saturated rings. The molecule has 0 aromatic rings. The molecule has 1 atom stereocenters. The van der Waals surface area contributed by atoms with Crippen molar-refractivity contribution in [1.29, 1.82) is 0 Å². The van der Waals surface area contributed by atoms with Crippen molar-refractivity contribution in [1.82, 2.24) is 0 Å². The molecule has 0 radical (unpaired) electrons. The van der Waals surface area contributed by atoms with E-state index in [1.165, 1.54) is 12.8 Å². The van der Waals surface area contributed by atoms with Crippen molar-refractivity contribution in [3.63, 3.8) is 0 Å². The largest absolute Gasteiger partial charge is 0.549 e. The average molecular weight is 253 g/mol. The predicted molar refractivity (Wildman–Crippen MR) is 44.8 cm³/mol. The number of carboxylic acid groups (broad SMARTS) is 1. The predicted octanol–water partition coefficient (Wildman–Crippen LogP) is 0.730. The molecule has 0 heterocycles. The van der Waals surface area contributed by atoms with Crippen LogP contribution in [0.25, 0.3) is 0 Å². The van der Waals surface area contributed by atoms with Crippen molar-refractivity contribution < 1.29 is 9.90 Å². The fraction of sp³-hybridized carbons (Fsp3) is 0.857. The van der Waals surface area contributed by atoms with Crippen molar-refractivity contribution in [3.05, 3.63) is 0 Å². The number of halogens is 1. The summed E-state index contributed by atoms with van der Waals surface area (Å²) >= 11 is 1.97. The van der Waals surface area contributed by atoms with Gasteiger partial charge in [-0.2, -0.15) is 0 Å². The van der Waals surface area contributed by atoms with Crippen LogP contribution >= 0.6 is 22.6 Å². The zero-order valence-electron chi connectivity index (χ0n) is 5.68. The van der Waals surface area contributed by atoms with Gasteiger partial charge < -0.3 is 9.90 Å². The van der Waals surface area contributed by atoms with Gasteiger partial charge in [0.15, 0.2) is 0 Å². The Morgan fingerprint density at radius 3 is 2.40 bits per heavy atom. The van der Waals surface area contributed by atoms with Gasteiger partial charge in [-0.3, -0.25) is 0 Å². The van der Waals surface area contributed by atoms with Crippen LogP contribution in [-0.2, 0) is 4.79 Å². The maximum absolute atomic E-state index is 10.4. The molecule has 1 saturated carbocycles. The summed E-state index contributed by atoms with van der Waals surface area (Å²) in [6.07, 6.45) is 4.53. The molecule has 1 unspecified atom stereocenters. The van der Waals surface area contributed by atoms with E-state index >= 15 is 0 Å². The molecule has 2 nitrogen and oxygen atoms in total. The molecule has 0 aromatic carbocycles. The summed E-state index contributed by atoms with van der Waals surface area (Å²) in [6.45, 7) is 0. The van der Waals surface area contributed by atoms with Crippen molar-refractivity contribution in [3.8, 4) is 0 Å². The second-order valence-electron chi connectivity index (χ2n) is 2.77. The van der Waals surface area contributed by atoms with Gasteiger partial charge in [0.25, 0.3) is 0 Å². The lowest BCUT2D eigenvalue weighted by Gasteiger charge is -2.17. The third kappa shape index (κ3) is 1.84. The van der Waals surface area contributed by atoms with Gasteiger partial charge in [0, 0.05) is 0 Å². The lowest BCUT2D eigenvalue weighted by Crippen LogP contribution is -2.35. The minimum absolute atomic E-state index is 0.264. The van der Waals surface area contributed by atoms with E-state index in [2.05, 4.69) is 0 Å². The van der Waals surface area contributed by atoms with E-state index in [0.717, 1.165) is 12.8 Å². The Labute approximate surface area is 74.1 Å². The Bertz CT molecular complexity index is 130. The summed E-state index contributed by atoms with van der Waals surface area (Å²) in [7, 11) is 0. The third-order valence-corrected chi connectivity index (χ3v) is 3.56. The number of aliphatic carboxylic acids is 1. The summed E-state index contributed by atoms with van der Waals surface area (Å²) in [5, 5.41) is 10.4. The molecule has 0 N–H and O–H groups in total. The van der Waals surface area contributed by atoms with Gasteiger partial charge in [-0.15, -0.1) is 0 Å². The Morgan fingerprint density at radius 1 is 1.50 bits per heavy atom. The van der Waals surface area contributed by atoms with E-state index in [9.17, 15) is 9.90 Å². The summed E-state index contributed by atoms with van der Waals surface area (Å²) < 4.78 is -0.264. The van der Waals surface area contributed by atoms with Crippen LogP contribution in [-0.4, -0.2) is 9.89 Å². The van der Waals surface area contributed by atoms with Gasteiger partial charge in [0.05, 0.1) is 9.89 Å². The molecule has 1 rings (SSSR count). The molecule has 0 amide bonds. The second-order valence-corrected chi connectivity index (χ2v) is 4.11. The fourth-order valence-electron chi connectivity index (χ4n) is 1.44. The highest BCUT2D eigenvalue weighted by atomic mass is 127. The third-order valence-electron chi connectivity index (χ3n) is 2.04. The number of hydrogen-bond acceptors (Lipinski definition) is 2. The SMILES string of the molecule is O=C([O-])C(I)C1CCCC1. The number of carboxylic acids is 1. The average Bonchev–Trinajstić information content (AvgIpc) is 2.36. The molecule has 0 bridgehead atoms. The molecule has 58 valence electrons. The Hall–Kier alpha value is 0.200. The first-order valence-electron chi connectivity index (χ1n) is 3.56. The number of alkyl halides is 1. The first-order valence-corrected chi connectivity index (χ1v) is 4.81. The molecule has 0 aromatic heterocycles. The minimum atomic E-state index is -0.896. The summed E-state index contributed by atoms with van der Waals surface area (Å²) in [6, 6.07) is 0. The Morgan fingerprint density at radius 2 is 2.00 bits per heavy atom. The van der Waals surface area contributed by atoms with E-state index in [1.807, 2.05) is 22.6 Å². The maximum Gasteiger partial charge on any atom is 0.0545 e. The topological polar surface area (TPSA) is 40.1 Å². The van der Waals surface area contributed by atoms with Crippen LogP contribution in [0.15, 0.2) is 0 Å². The Kier molecular flexibility index (Phi) is 2.95. The van der Waals surface area contributed by atoms with E-state index in [-0.39, 0.29) is 3.92 Å². The van der Waals surface area contributed by atoms with E-state index in [4.69, 9.17) is 0 Å². The first-order chi connectivity index (χ1) is 4.72. The lowest BCUT2D eigenvalue weighted by atomic mass is 10.1. The highest BCUT2D eigenvalue weighted by Gasteiger charge is 2.23. The summed E-state index contributed by atoms with van der Waals surface area (Å²) in [4.78, 5) is 10.4. The van der Waals surface area contributed by atoms with Gasteiger partial charge in [-0.05, 0) is 18.8 Å². The second kappa shape index (κ2) is 3.55. The molecule has 0 spiro atoms. The molecule has 10 heavy (non-hydrogen) atoms. The van der Waals surface area contributed by atoms with E-state index < -0.39 is 5.97 Å². The zero-order chi connectivity index (χ0) is 7.56. The zero-order valence-corrected chi connectivity index (χ0v) is 7.84. The summed E-state index contributed by atoms with van der Waals surface area (Å²) in [5.74, 6) is -0.516. The van der Waals surface area contributed by atoms with Gasteiger partial charge in [-0.1, -0.05) is 35.4 Å². The highest BCUT2D eigenvalue weighted by molar-refractivity contribution is 14.1. The van der Waals surface area contributed by atoms with Crippen LogP contribution in [0.2, 0.25) is 0 Å². The number of hydrogen-bond donors (Lipinski definition) is 0. The van der Waals surface area contributed by atoms with Crippen LogP contribution in [0.1, 0.15) is 25.7 Å².